The number of methoxy groups -OCH3 is 1. The van der Waals surface area contributed by atoms with E-state index in [1.807, 2.05) is 0 Å². The molecule has 3 aliphatic rings. The number of amides is 1. The highest BCUT2D eigenvalue weighted by Crippen LogP contribution is 2.48. The van der Waals surface area contributed by atoms with Gasteiger partial charge in [-0.3, -0.25) is 4.79 Å². The van der Waals surface area contributed by atoms with Crippen molar-refractivity contribution >= 4 is 5.91 Å². The molecule has 0 aromatic heterocycles. The van der Waals surface area contributed by atoms with Crippen LogP contribution in [0.3, 0.4) is 0 Å². The van der Waals surface area contributed by atoms with Gasteiger partial charge in [-0.1, -0.05) is 32.0 Å². The minimum Gasteiger partial charge on any atom is -0.385 e. The lowest BCUT2D eigenvalue weighted by atomic mass is 9.73. The highest BCUT2D eigenvalue weighted by Gasteiger charge is 2.51. The van der Waals surface area contributed by atoms with Crippen LogP contribution in [-0.4, -0.2) is 67.5 Å². The van der Waals surface area contributed by atoms with Gasteiger partial charge in [0.2, 0.25) is 5.91 Å². The Kier molecular flexibility index (Phi) is 8.05. The molecule has 2 unspecified atom stereocenters. The summed E-state index contributed by atoms with van der Waals surface area (Å²) in [4.78, 5) is 15.7. The Bertz CT molecular complexity index is 917. The van der Waals surface area contributed by atoms with Crippen molar-refractivity contribution in [3.63, 3.8) is 0 Å². The number of carbonyl (C=O) groups is 1. The van der Waals surface area contributed by atoms with Crippen molar-refractivity contribution in [2.75, 3.05) is 33.4 Å². The van der Waals surface area contributed by atoms with Crippen LogP contribution < -0.4 is 5.32 Å². The van der Waals surface area contributed by atoms with Gasteiger partial charge >= 0.3 is 6.18 Å². The molecule has 1 aromatic carbocycles. The molecule has 1 aromatic rings. The molecular weight excluding hydrogens is 473 g/mol. The largest absolute Gasteiger partial charge is 0.416 e. The van der Waals surface area contributed by atoms with Crippen LogP contribution in [0.4, 0.5) is 13.2 Å². The summed E-state index contributed by atoms with van der Waals surface area (Å²) in [6.45, 7) is 5.87. The second-order valence-corrected chi connectivity index (χ2v) is 11.0. The van der Waals surface area contributed by atoms with E-state index >= 15 is 0 Å². The number of carbonyl (C=O) groups excluding carboxylic acids is 1. The van der Waals surface area contributed by atoms with Crippen LogP contribution in [0, 0.1) is 11.3 Å². The summed E-state index contributed by atoms with van der Waals surface area (Å²) < 4.78 is 51.8. The minimum absolute atomic E-state index is 0.0113. The summed E-state index contributed by atoms with van der Waals surface area (Å²) in [5, 5.41) is 14.9. The summed E-state index contributed by atoms with van der Waals surface area (Å²) in [6.07, 6.45) is -1.16. The van der Waals surface area contributed by atoms with Crippen molar-refractivity contribution in [3.05, 3.63) is 35.4 Å². The van der Waals surface area contributed by atoms with Crippen LogP contribution in [0.5, 0.6) is 0 Å². The molecule has 1 saturated carbocycles. The fourth-order valence-corrected chi connectivity index (χ4v) is 6.42. The molecule has 1 amide bonds. The number of hydrogen-bond donors (Lipinski definition) is 2. The molecule has 2 aliphatic heterocycles. The molecule has 4 atom stereocenters. The van der Waals surface area contributed by atoms with Gasteiger partial charge in [-0.15, -0.1) is 0 Å². The Balaban J connectivity index is 1.44. The molecule has 2 heterocycles. The molecule has 2 saturated heterocycles. The van der Waals surface area contributed by atoms with E-state index in [1.165, 1.54) is 18.2 Å². The third-order valence-electron chi connectivity index (χ3n) is 8.75. The van der Waals surface area contributed by atoms with E-state index < -0.39 is 22.8 Å². The first-order valence-corrected chi connectivity index (χ1v) is 13.1. The molecule has 1 aliphatic carbocycles. The van der Waals surface area contributed by atoms with Gasteiger partial charge in [0.1, 0.15) is 0 Å². The summed E-state index contributed by atoms with van der Waals surface area (Å²) in [6, 6.07) is 5.60. The lowest BCUT2D eigenvalue weighted by Gasteiger charge is -2.44. The standard InChI is InChI=1S/C27H39F3N2O4/c1-18(2)25(10-8-19(16-25)31-22-9-15-36-17-23(22)35-3)24(33)32-13-11-26(34,12-14-32)20-6-4-5-7-21(20)27(28,29)30/h4-7,18-19,22-23,31,34H,8-17H2,1-3H3/t19-,22?,23?,25+/m1/s1. The third kappa shape index (κ3) is 5.30. The minimum atomic E-state index is -4.54. The van der Waals surface area contributed by atoms with Crippen molar-refractivity contribution < 1.29 is 32.5 Å². The van der Waals surface area contributed by atoms with Crippen molar-refractivity contribution in [3.8, 4) is 0 Å². The molecule has 3 fully saturated rings. The second kappa shape index (κ2) is 10.6. The molecule has 0 spiro atoms. The summed E-state index contributed by atoms with van der Waals surface area (Å²) in [5.41, 5.74) is -3.04. The first-order chi connectivity index (χ1) is 17.0. The zero-order valence-electron chi connectivity index (χ0n) is 21.4. The van der Waals surface area contributed by atoms with Crippen LogP contribution >= 0.6 is 0 Å². The number of piperidine rings is 1. The molecule has 36 heavy (non-hydrogen) atoms. The lowest BCUT2D eigenvalue weighted by molar-refractivity contribution is -0.151. The maximum absolute atomic E-state index is 13.9. The fourth-order valence-electron chi connectivity index (χ4n) is 6.42. The number of ether oxygens (including phenoxy) is 2. The van der Waals surface area contributed by atoms with E-state index in [9.17, 15) is 23.1 Å². The number of benzene rings is 1. The topological polar surface area (TPSA) is 71.0 Å². The van der Waals surface area contributed by atoms with E-state index in [0.29, 0.717) is 13.2 Å². The van der Waals surface area contributed by atoms with Gasteiger partial charge in [-0.05, 0) is 56.1 Å². The average Bonchev–Trinajstić information content (AvgIpc) is 3.29. The fraction of sp³-hybridized carbons (Fsp3) is 0.741. The van der Waals surface area contributed by atoms with Crippen LogP contribution in [-0.2, 0) is 26.0 Å². The molecule has 6 nitrogen and oxygen atoms in total. The van der Waals surface area contributed by atoms with Gasteiger partial charge in [0.25, 0.3) is 0 Å². The van der Waals surface area contributed by atoms with E-state index in [1.54, 1.807) is 12.0 Å². The number of nitrogens with zero attached hydrogens (tertiary/aromatic N) is 1. The monoisotopic (exact) mass is 512 g/mol. The van der Waals surface area contributed by atoms with Crippen molar-refractivity contribution in [2.45, 2.75) is 82.3 Å². The molecular formula is C27H39F3N2O4. The van der Waals surface area contributed by atoms with Crippen LogP contribution in [0.2, 0.25) is 0 Å². The summed E-state index contributed by atoms with van der Waals surface area (Å²) in [5.74, 6) is 0.180. The average molecular weight is 513 g/mol. The smallest absolute Gasteiger partial charge is 0.385 e. The zero-order chi connectivity index (χ0) is 26.1. The molecule has 0 bridgehead atoms. The van der Waals surface area contributed by atoms with E-state index in [2.05, 4.69) is 19.2 Å². The molecule has 4 rings (SSSR count). The Morgan fingerprint density at radius 3 is 2.53 bits per heavy atom. The normalized spacial score (nSPS) is 31.1. The van der Waals surface area contributed by atoms with E-state index in [4.69, 9.17) is 9.47 Å². The Morgan fingerprint density at radius 1 is 1.19 bits per heavy atom. The van der Waals surface area contributed by atoms with Gasteiger partial charge < -0.3 is 24.8 Å². The number of hydrogen-bond acceptors (Lipinski definition) is 5. The van der Waals surface area contributed by atoms with Gasteiger partial charge in [0.05, 0.1) is 29.3 Å². The number of nitrogens with one attached hydrogen (secondary N) is 1. The van der Waals surface area contributed by atoms with Gasteiger partial charge in [0, 0.05) is 38.9 Å². The highest BCUT2D eigenvalue weighted by molar-refractivity contribution is 5.83. The first-order valence-electron chi connectivity index (χ1n) is 13.1. The number of rotatable bonds is 6. The SMILES string of the molecule is COC1COCCC1N[C@@H]1CC[C@@](C(=O)N2CCC(O)(c3ccccc3C(F)(F)F)CC2)(C(C)C)C1. The molecule has 202 valence electrons. The molecule has 0 radical (unpaired) electrons. The predicted octanol–water partition coefficient (Wildman–Crippen LogP) is 4.10. The Morgan fingerprint density at radius 2 is 1.89 bits per heavy atom. The van der Waals surface area contributed by atoms with Gasteiger partial charge in [0.15, 0.2) is 0 Å². The van der Waals surface area contributed by atoms with E-state index in [0.717, 1.165) is 31.7 Å². The van der Waals surface area contributed by atoms with Crippen molar-refractivity contribution in [2.24, 2.45) is 11.3 Å². The number of likely N-dealkylation sites (tertiary alicyclic amines) is 1. The van der Waals surface area contributed by atoms with Crippen molar-refractivity contribution in [1.29, 1.82) is 0 Å². The van der Waals surface area contributed by atoms with Crippen LogP contribution in [0.15, 0.2) is 24.3 Å². The maximum Gasteiger partial charge on any atom is 0.416 e. The Labute approximate surface area is 211 Å². The lowest BCUT2D eigenvalue weighted by Crippen LogP contribution is -2.53. The quantitative estimate of drug-likeness (QED) is 0.601. The predicted molar refractivity (Wildman–Crippen MR) is 129 cm³/mol. The first kappa shape index (κ1) is 27.4. The van der Waals surface area contributed by atoms with Crippen LogP contribution in [0.1, 0.15) is 63.5 Å². The highest BCUT2D eigenvalue weighted by atomic mass is 19.4. The third-order valence-corrected chi connectivity index (χ3v) is 8.75. The number of alkyl halides is 3. The summed E-state index contributed by atoms with van der Waals surface area (Å²) >= 11 is 0. The Hall–Kier alpha value is -1.68. The second-order valence-electron chi connectivity index (χ2n) is 11.0. The zero-order valence-corrected chi connectivity index (χ0v) is 21.4. The summed E-state index contributed by atoms with van der Waals surface area (Å²) in [7, 11) is 1.69. The molecule has 9 heteroatoms. The maximum atomic E-state index is 13.9. The van der Waals surface area contributed by atoms with Crippen LogP contribution in [0.25, 0.3) is 0 Å². The number of halogens is 3. The number of aliphatic hydroxyl groups is 1. The van der Waals surface area contributed by atoms with Crippen molar-refractivity contribution in [1.82, 2.24) is 10.2 Å². The van der Waals surface area contributed by atoms with E-state index in [-0.39, 0.29) is 61.5 Å². The molecule has 2 N–H and O–H groups in total. The van der Waals surface area contributed by atoms with Gasteiger partial charge in [-0.25, -0.2) is 0 Å². The van der Waals surface area contributed by atoms with Gasteiger partial charge in [-0.2, -0.15) is 13.2 Å².